The molecule has 28 heavy (non-hydrogen) atoms. The van der Waals surface area contributed by atoms with Gasteiger partial charge in [0, 0.05) is 11.3 Å². The summed E-state index contributed by atoms with van der Waals surface area (Å²) in [5.74, 6) is 0.0419. The van der Waals surface area contributed by atoms with Crippen LogP contribution in [0.2, 0.25) is 0 Å². The summed E-state index contributed by atoms with van der Waals surface area (Å²) >= 11 is -0.0557. The number of fused-ring (bicyclic) bond motifs is 1. The molecule has 0 spiro atoms. The van der Waals surface area contributed by atoms with Crippen LogP contribution in [0.4, 0.5) is 5.69 Å². The lowest BCUT2D eigenvalue weighted by Gasteiger charge is -2.41. The zero-order valence-corrected chi connectivity index (χ0v) is 17.3. The van der Waals surface area contributed by atoms with E-state index >= 15 is 0 Å². The van der Waals surface area contributed by atoms with E-state index in [-0.39, 0.29) is 26.6 Å². The van der Waals surface area contributed by atoms with Crippen LogP contribution in [-0.4, -0.2) is 9.92 Å². The number of allylic oxidation sites excluding steroid dienone is 1. The Balaban J connectivity index is 1.91. The molecule has 3 heteroatoms. The maximum absolute atomic E-state index is 13.7. The number of halogens is 1. The first kappa shape index (κ1) is 17.3. The lowest BCUT2D eigenvalue weighted by atomic mass is 9.76. The van der Waals surface area contributed by atoms with E-state index in [2.05, 4.69) is 50.6 Å². The van der Waals surface area contributed by atoms with Crippen molar-refractivity contribution in [2.75, 3.05) is 4.90 Å². The molecular weight excluding hydrogens is 457 g/mol. The second kappa shape index (κ2) is 6.99. The van der Waals surface area contributed by atoms with Crippen LogP contribution in [0.25, 0.3) is 0 Å². The van der Waals surface area contributed by atoms with Crippen LogP contribution in [0.15, 0.2) is 107 Å². The minimum absolute atomic E-state index is 0.0419. The average Bonchev–Trinajstić information content (AvgIpc) is 3.05. The third kappa shape index (κ3) is 2.46. The van der Waals surface area contributed by atoms with Gasteiger partial charge in [0.25, 0.3) is 5.91 Å². The molecule has 2 nitrogen and oxygen atoms in total. The van der Waals surface area contributed by atoms with Gasteiger partial charge in [-0.2, -0.15) is 0 Å². The van der Waals surface area contributed by atoms with Crippen molar-refractivity contribution in [2.45, 2.75) is 5.54 Å². The SMILES string of the molecule is O=C1c2ccccc2C(C2=CC=IC=C2)(c2ccccc2)N1c1ccccc1. The van der Waals surface area contributed by atoms with Gasteiger partial charge in [0.1, 0.15) is 5.54 Å². The molecule has 0 saturated heterocycles. The van der Waals surface area contributed by atoms with Crippen molar-refractivity contribution in [2.24, 2.45) is 0 Å². The summed E-state index contributed by atoms with van der Waals surface area (Å²) in [4.78, 5) is 15.7. The van der Waals surface area contributed by atoms with Crippen molar-refractivity contribution in [3.63, 3.8) is 0 Å². The van der Waals surface area contributed by atoms with E-state index in [1.165, 1.54) is 0 Å². The summed E-state index contributed by atoms with van der Waals surface area (Å²) in [6.45, 7) is 0. The smallest absolute Gasteiger partial charge is 0.260 e. The fourth-order valence-corrected chi connectivity index (χ4v) is 5.66. The zero-order chi connectivity index (χ0) is 19.0. The van der Waals surface area contributed by atoms with E-state index < -0.39 is 5.54 Å². The molecule has 0 aliphatic carbocycles. The molecule has 0 saturated carbocycles. The molecule has 1 amide bonds. The van der Waals surface area contributed by atoms with Crippen molar-refractivity contribution in [1.29, 1.82) is 0 Å². The normalized spacial score (nSPS) is 20.5. The summed E-state index contributed by atoms with van der Waals surface area (Å²) in [6, 6.07) is 28.4. The molecule has 1 atom stereocenters. The highest BCUT2D eigenvalue weighted by molar-refractivity contribution is 14.2. The highest BCUT2D eigenvalue weighted by Gasteiger charge is 2.53. The summed E-state index contributed by atoms with van der Waals surface area (Å²) in [6.07, 6.45) is 4.43. The average molecular weight is 475 g/mol. The van der Waals surface area contributed by atoms with Crippen molar-refractivity contribution in [3.8, 4) is 0 Å². The number of nitrogens with zero attached hydrogens (tertiary/aromatic N) is 1. The number of para-hydroxylation sites is 1. The maximum atomic E-state index is 13.7. The number of hydrogen-bond donors (Lipinski definition) is 0. The molecule has 136 valence electrons. The molecule has 0 fully saturated rings. The minimum atomic E-state index is -0.673. The van der Waals surface area contributed by atoms with E-state index in [1.807, 2.05) is 59.5 Å². The second-order valence-corrected chi connectivity index (χ2v) is 8.92. The van der Waals surface area contributed by atoms with Gasteiger partial charge in [-0.1, -0.05) is 99.6 Å². The monoisotopic (exact) mass is 475 g/mol. The first-order valence-corrected chi connectivity index (χ1v) is 11.7. The van der Waals surface area contributed by atoms with E-state index in [0.29, 0.717) is 0 Å². The quantitative estimate of drug-likeness (QED) is 0.438. The number of carbonyl (C=O) groups excluding carboxylic acids is 1. The summed E-state index contributed by atoms with van der Waals surface area (Å²) in [5.41, 5.74) is 4.27. The van der Waals surface area contributed by atoms with Crippen molar-refractivity contribution >= 4 is 36.3 Å². The molecule has 5 rings (SSSR count). The Kier molecular flexibility index (Phi) is 4.32. The summed E-state index contributed by atoms with van der Waals surface area (Å²) < 4.78 is 4.54. The zero-order valence-electron chi connectivity index (χ0n) is 15.1. The Hall–Kier alpha value is -2.79. The third-order valence-electron chi connectivity index (χ3n) is 5.34. The van der Waals surface area contributed by atoms with Crippen LogP contribution in [0.3, 0.4) is 0 Å². The van der Waals surface area contributed by atoms with Gasteiger partial charge in [0.2, 0.25) is 0 Å². The predicted molar refractivity (Wildman–Crippen MR) is 124 cm³/mol. The van der Waals surface area contributed by atoms with E-state index in [0.717, 1.165) is 28.0 Å². The number of benzene rings is 3. The Morgan fingerprint density at radius 2 is 1.46 bits per heavy atom. The van der Waals surface area contributed by atoms with Crippen LogP contribution < -0.4 is 4.90 Å². The molecule has 2 aliphatic heterocycles. The van der Waals surface area contributed by atoms with Gasteiger partial charge in [-0.15, -0.1) is 0 Å². The summed E-state index contributed by atoms with van der Waals surface area (Å²) in [5, 5.41) is 0. The number of amides is 1. The molecule has 0 bridgehead atoms. The van der Waals surface area contributed by atoms with E-state index in [9.17, 15) is 4.79 Å². The largest absolute Gasteiger partial charge is 0.290 e. The van der Waals surface area contributed by atoms with Gasteiger partial charge in [-0.25, -0.2) is 0 Å². The predicted octanol–water partition coefficient (Wildman–Crippen LogP) is 5.82. The molecule has 0 aromatic heterocycles. The molecule has 0 N–H and O–H groups in total. The highest BCUT2D eigenvalue weighted by atomic mass is 127. The fraction of sp³-hybridized carbons (Fsp3) is 0.0400. The topological polar surface area (TPSA) is 20.3 Å². The Morgan fingerprint density at radius 1 is 0.786 bits per heavy atom. The number of rotatable bonds is 3. The standard InChI is InChI=1S/C25H18INO/c28-24-22-13-7-8-14-23(22)25(19-9-3-1-4-10-19,20-15-17-26-18-16-20)27(24)21-11-5-2-6-12-21/h1-18H. The number of carbonyl (C=O) groups is 1. The number of anilines is 1. The highest BCUT2D eigenvalue weighted by Crippen LogP contribution is 2.51. The van der Waals surface area contributed by atoms with Crippen LogP contribution in [0.5, 0.6) is 0 Å². The first-order valence-electron chi connectivity index (χ1n) is 9.20. The van der Waals surface area contributed by atoms with Crippen LogP contribution >= 0.6 is 20.7 Å². The fourth-order valence-electron chi connectivity index (χ4n) is 4.23. The minimum Gasteiger partial charge on any atom is -0.290 e. The van der Waals surface area contributed by atoms with Crippen molar-refractivity contribution in [3.05, 3.63) is 123 Å². The first-order chi connectivity index (χ1) is 13.8. The molecule has 2 heterocycles. The lowest BCUT2D eigenvalue weighted by Crippen LogP contribution is -2.46. The van der Waals surface area contributed by atoms with Gasteiger partial charge < -0.3 is 0 Å². The van der Waals surface area contributed by atoms with Gasteiger partial charge in [-0.05, 0) is 43.0 Å². The van der Waals surface area contributed by atoms with Crippen LogP contribution in [-0.2, 0) is 5.54 Å². The Morgan fingerprint density at radius 3 is 2.18 bits per heavy atom. The second-order valence-electron chi connectivity index (χ2n) is 6.76. The maximum Gasteiger partial charge on any atom is 0.260 e. The van der Waals surface area contributed by atoms with Crippen molar-refractivity contribution in [1.82, 2.24) is 0 Å². The van der Waals surface area contributed by atoms with Gasteiger partial charge >= 0.3 is 0 Å². The number of hydrogen-bond acceptors (Lipinski definition) is 1. The molecule has 3 aromatic carbocycles. The Labute approximate surface area is 174 Å². The van der Waals surface area contributed by atoms with Gasteiger partial charge in [0.05, 0.1) is 0 Å². The van der Waals surface area contributed by atoms with E-state index in [4.69, 9.17) is 0 Å². The molecular formula is C25H18INO. The van der Waals surface area contributed by atoms with Crippen molar-refractivity contribution < 1.29 is 4.79 Å². The lowest BCUT2D eigenvalue weighted by molar-refractivity contribution is 0.0986. The Bertz CT molecular complexity index is 1130. The molecule has 0 radical (unpaired) electrons. The molecule has 3 aromatic rings. The van der Waals surface area contributed by atoms with Gasteiger partial charge in [-0.3, -0.25) is 9.69 Å². The van der Waals surface area contributed by atoms with Gasteiger partial charge in [0.15, 0.2) is 0 Å². The van der Waals surface area contributed by atoms with Crippen LogP contribution in [0.1, 0.15) is 21.5 Å². The van der Waals surface area contributed by atoms with E-state index in [1.54, 1.807) is 0 Å². The third-order valence-corrected chi connectivity index (χ3v) is 6.89. The van der Waals surface area contributed by atoms with Crippen LogP contribution in [0, 0.1) is 0 Å². The molecule has 1 unspecified atom stereocenters. The molecule has 2 aliphatic rings. The summed E-state index contributed by atoms with van der Waals surface area (Å²) in [7, 11) is 0.